The highest BCUT2D eigenvalue weighted by Gasteiger charge is 2.12. The highest BCUT2D eigenvalue weighted by molar-refractivity contribution is 5.81. The lowest BCUT2D eigenvalue weighted by Gasteiger charge is -2.10. The number of aromatic nitrogens is 2. The predicted molar refractivity (Wildman–Crippen MR) is 64.5 cm³/mol. The van der Waals surface area contributed by atoms with E-state index in [1.807, 2.05) is 0 Å². The van der Waals surface area contributed by atoms with Crippen LogP contribution in [-0.4, -0.2) is 29.7 Å². The molecule has 0 fully saturated rings. The van der Waals surface area contributed by atoms with E-state index in [4.69, 9.17) is 4.74 Å². The van der Waals surface area contributed by atoms with Crippen LogP contribution in [0, 0.1) is 5.82 Å². The van der Waals surface area contributed by atoms with Crippen molar-refractivity contribution < 1.29 is 18.7 Å². The molecule has 2 aromatic rings. The molecule has 0 saturated carbocycles. The number of carbonyl (C=O) groups excluding carboxylic acids is 1. The fraction of sp³-hybridized carbons (Fsp3) is 0.250. The minimum atomic E-state index is -0.626. The molecule has 0 amide bonds. The SMILES string of the molecule is COC(=O)Cn1cnc(=O)c2cc(OC)c(F)cc21. The summed E-state index contributed by atoms with van der Waals surface area (Å²) in [5, 5.41) is 0.171. The van der Waals surface area contributed by atoms with Crippen molar-refractivity contribution in [3.63, 3.8) is 0 Å². The van der Waals surface area contributed by atoms with E-state index >= 15 is 0 Å². The number of esters is 1. The molecule has 2 rings (SSSR count). The molecule has 6 nitrogen and oxygen atoms in total. The summed E-state index contributed by atoms with van der Waals surface area (Å²) in [6, 6.07) is 2.38. The second kappa shape index (κ2) is 5.05. The summed E-state index contributed by atoms with van der Waals surface area (Å²) in [7, 11) is 2.54. The highest BCUT2D eigenvalue weighted by atomic mass is 19.1. The standard InChI is InChI=1S/C12H11FN2O4/c1-18-10-3-7-9(4-8(10)13)15(5-11(16)19-2)6-14-12(7)17/h3-4,6H,5H2,1-2H3. The zero-order valence-corrected chi connectivity index (χ0v) is 10.3. The number of ether oxygens (including phenoxy) is 2. The van der Waals surface area contributed by atoms with Gasteiger partial charge in [-0.15, -0.1) is 0 Å². The average molecular weight is 266 g/mol. The summed E-state index contributed by atoms with van der Waals surface area (Å²) in [6.45, 7) is -0.161. The molecule has 0 radical (unpaired) electrons. The van der Waals surface area contributed by atoms with Crippen molar-refractivity contribution >= 4 is 16.9 Å². The van der Waals surface area contributed by atoms with Gasteiger partial charge in [-0.1, -0.05) is 0 Å². The molecule has 0 saturated heterocycles. The molecule has 100 valence electrons. The first-order valence-electron chi connectivity index (χ1n) is 5.36. The van der Waals surface area contributed by atoms with E-state index < -0.39 is 17.3 Å². The van der Waals surface area contributed by atoms with Gasteiger partial charge in [0.05, 0.1) is 31.4 Å². The van der Waals surface area contributed by atoms with Gasteiger partial charge in [-0.3, -0.25) is 9.59 Å². The van der Waals surface area contributed by atoms with Crippen LogP contribution in [0.1, 0.15) is 0 Å². The van der Waals surface area contributed by atoms with Crippen LogP contribution >= 0.6 is 0 Å². The molecular weight excluding hydrogens is 255 g/mol. The Labute approximate surface area is 107 Å². The zero-order valence-electron chi connectivity index (χ0n) is 10.3. The van der Waals surface area contributed by atoms with E-state index in [1.165, 1.54) is 31.2 Å². The smallest absolute Gasteiger partial charge is 0.325 e. The molecule has 0 N–H and O–H groups in total. The molecule has 0 spiro atoms. The number of carbonyl (C=O) groups is 1. The van der Waals surface area contributed by atoms with E-state index in [-0.39, 0.29) is 23.2 Å². The summed E-state index contributed by atoms with van der Waals surface area (Å²) in [4.78, 5) is 26.5. The van der Waals surface area contributed by atoms with Crippen LogP contribution in [0.15, 0.2) is 23.3 Å². The van der Waals surface area contributed by atoms with Crippen LogP contribution in [0.25, 0.3) is 10.9 Å². The Hall–Kier alpha value is -2.44. The molecule has 0 aliphatic carbocycles. The Morgan fingerprint density at radius 3 is 2.79 bits per heavy atom. The Kier molecular flexibility index (Phi) is 3.46. The van der Waals surface area contributed by atoms with Crippen LogP contribution in [0.4, 0.5) is 4.39 Å². The van der Waals surface area contributed by atoms with Crippen LogP contribution in [0.5, 0.6) is 5.75 Å². The number of methoxy groups -OCH3 is 2. The molecule has 1 aromatic heterocycles. The van der Waals surface area contributed by atoms with E-state index in [0.717, 1.165) is 6.07 Å². The van der Waals surface area contributed by atoms with Crippen LogP contribution in [0.3, 0.4) is 0 Å². The number of benzene rings is 1. The first-order chi connectivity index (χ1) is 9.06. The van der Waals surface area contributed by atoms with Gasteiger partial charge >= 0.3 is 5.97 Å². The fourth-order valence-corrected chi connectivity index (χ4v) is 1.69. The predicted octanol–water partition coefficient (Wildman–Crippen LogP) is 0.717. The minimum absolute atomic E-state index is 0.0535. The molecule has 7 heteroatoms. The summed E-state index contributed by atoms with van der Waals surface area (Å²) in [5.74, 6) is -1.20. The van der Waals surface area contributed by atoms with Crippen molar-refractivity contribution in [1.29, 1.82) is 0 Å². The van der Waals surface area contributed by atoms with Crippen LogP contribution in [-0.2, 0) is 16.1 Å². The lowest BCUT2D eigenvalue weighted by atomic mass is 10.2. The first kappa shape index (κ1) is 13.0. The zero-order chi connectivity index (χ0) is 14.0. The van der Waals surface area contributed by atoms with Crippen molar-refractivity contribution in [2.45, 2.75) is 6.54 Å². The van der Waals surface area contributed by atoms with Gasteiger partial charge in [0.15, 0.2) is 11.6 Å². The Morgan fingerprint density at radius 2 is 2.16 bits per heavy atom. The molecule has 0 atom stereocenters. The first-order valence-corrected chi connectivity index (χ1v) is 5.36. The van der Waals surface area contributed by atoms with Gasteiger partial charge in [-0.25, -0.2) is 4.39 Å². The number of hydrogen-bond donors (Lipinski definition) is 0. The van der Waals surface area contributed by atoms with E-state index in [0.29, 0.717) is 0 Å². The van der Waals surface area contributed by atoms with Gasteiger partial charge in [0, 0.05) is 6.07 Å². The van der Waals surface area contributed by atoms with Crippen molar-refractivity contribution in [2.75, 3.05) is 14.2 Å². The number of rotatable bonds is 3. The quantitative estimate of drug-likeness (QED) is 0.765. The lowest BCUT2D eigenvalue weighted by molar-refractivity contribution is -0.141. The topological polar surface area (TPSA) is 70.4 Å². The fourth-order valence-electron chi connectivity index (χ4n) is 1.69. The summed E-state index contributed by atoms with van der Waals surface area (Å²) in [5.41, 5.74) is -0.266. The average Bonchev–Trinajstić information content (AvgIpc) is 2.41. The van der Waals surface area contributed by atoms with E-state index in [2.05, 4.69) is 9.72 Å². The summed E-state index contributed by atoms with van der Waals surface area (Å²) < 4.78 is 24.3. The third kappa shape index (κ3) is 2.40. The summed E-state index contributed by atoms with van der Waals surface area (Å²) in [6.07, 6.45) is 1.17. The molecule has 1 aromatic carbocycles. The number of nitrogens with zero attached hydrogens (tertiary/aromatic N) is 2. The third-order valence-corrected chi connectivity index (χ3v) is 2.65. The largest absolute Gasteiger partial charge is 0.494 e. The number of fused-ring (bicyclic) bond motifs is 1. The normalized spacial score (nSPS) is 10.5. The molecule has 0 aliphatic heterocycles. The monoisotopic (exact) mass is 266 g/mol. The van der Waals surface area contributed by atoms with Crippen molar-refractivity contribution in [1.82, 2.24) is 9.55 Å². The van der Waals surface area contributed by atoms with E-state index in [1.54, 1.807) is 0 Å². The molecule has 0 aliphatic rings. The van der Waals surface area contributed by atoms with Gasteiger partial charge in [-0.2, -0.15) is 4.98 Å². The second-order valence-corrected chi connectivity index (χ2v) is 3.76. The van der Waals surface area contributed by atoms with Crippen molar-refractivity contribution in [3.8, 4) is 5.75 Å². The Balaban J connectivity index is 2.68. The number of halogens is 1. The maximum atomic E-state index is 13.7. The highest BCUT2D eigenvalue weighted by Crippen LogP contribution is 2.22. The molecule has 0 unspecified atom stereocenters. The molecule has 19 heavy (non-hydrogen) atoms. The third-order valence-electron chi connectivity index (χ3n) is 2.65. The summed E-state index contributed by atoms with van der Waals surface area (Å²) >= 11 is 0. The van der Waals surface area contributed by atoms with Gasteiger partial charge in [0.25, 0.3) is 5.56 Å². The van der Waals surface area contributed by atoms with Crippen LogP contribution in [0.2, 0.25) is 0 Å². The number of hydrogen-bond acceptors (Lipinski definition) is 5. The maximum absolute atomic E-state index is 13.7. The molecular formula is C12H11FN2O4. The Bertz CT molecular complexity index is 696. The van der Waals surface area contributed by atoms with Crippen LogP contribution < -0.4 is 10.3 Å². The minimum Gasteiger partial charge on any atom is -0.494 e. The van der Waals surface area contributed by atoms with E-state index in [9.17, 15) is 14.0 Å². The van der Waals surface area contributed by atoms with Crippen molar-refractivity contribution in [3.05, 3.63) is 34.6 Å². The molecule has 0 bridgehead atoms. The second-order valence-electron chi connectivity index (χ2n) is 3.76. The van der Waals surface area contributed by atoms with Gasteiger partial charge < -0.3 is 14.0 Å². The van der Waals surface area contributed by atoms with Gasteiger partial charge in [0.1, 0.15) is 6.54 Å². The van der Waals surface area contributed by atoms with Gasteiger partial charge in [-0.05, 0) is 6.07 Å². The lowest BCUT2D eigenvalue weighted by Crippen LogP contribution is -2.17. The van der Waals surface area contributed by atoms with Crippen molar-refractivity contribution in [2.24, 2.45) is 0 Å². The maximum Gasteiger partial charge on any atom is 0.325 e. The molecule has 1 heterocycles. The Morgan fingerprint density at radius 1 is 1.42 bits per heavy atom. The van der Waals surface area contributed by atoms with Gasteiger partial charge in [0.2, 0.25) is 0 Å².